The van der Waals surface area contributed by atoms with E-state index in [0.29, 0.717) is 24.4 Å². The first-order valence-electron chi connectivity index (χ1n) is 6.71. The van der Waals surface area contributed by atoms with E-state index in [1.165, 1.54) is 6.20 Å². The van der Waals surface area contributed by atoms with Gasteiger partial charge in [-0.1, -0.05) is 19.8 Å². The molecule has 0 aliphatic heterocycles. The molecule has 1 aromatic heterocycles. The quantitative estimate of drug-likeness (QED) is 0.710. The third-order valence-corrected chi connectivity index (χ3v) is 2.74. The van der Waals surface area contributed by atoms with Crippen molar-refractivity contribution in [1.82, 2.24) is 4.98 Å². The first-order chi connectivity index (χ1) is 9.58. The van der Waals surface area contributed by atoms with Crippen LogP contribution in [0, 0.1) is 0 Å². The Hall–Kier alpha value is -2.11. The van der Waals surface area contributed by atoms with Crippen molar-refractivity contribution in [3.63, 3.8) is 0 Å². The van der Waals surface area contributed by atoms with Crippen LogP contribution < -0.4 is 5.32 Å². The van der Waals surface area contributed by atoms with E-state index in [4.69, 9.17) is 9.84 Å². The van der Waals surface area contributed by atoms with Gasteiger partial charge in [0.1, 0.15) is 11.9 Å². The van der Waals surface area contributed by atoms with Gasteiger partial charge in [0.05, 0.1) is 12.2 Å². The molecule has 1 aromatic rings. The number of aromatic nitrogens is 1. The molecule has 1 rings (SSSR count). The number of hydrogen-bond donors (Lipinski definition) is 2. The van der Waals surface area contributed by atoms with Crippen LogP contribution in [0.4, 0.5) is 5.82 Å². The molecular weight excluding hydrogens is 260 g/mol. The van der Waals surface area contributed by atoms with Crippen LogP contribution in [0.5, 0.6) is 0 Å². The summed E-state index contributed by atoms with van der Waals surface area (Å²) in [6.07, 6.45) is 3.66. The fourth-order valence-corrected chi connectivity index (χ4v) is 1.66. The standard InChI is InChI=1S/C14H20N2O4/c1-3-5-6-11(13(17)18)16-12-8-7-10(9-15-12)14(19)20-4-2/h7-9,11H,3-6H2,1-2H3,(H,15,16)(H,17,18). The zero-order valence-electron chi connectivity index (χ0n) is 11.8. The maximum Gasteiger partial charge on any atom is 0.339 e. The number of ether oxygens (including phenoxy) is 1. The number of carboxylic acid groups (broad SMARTS) is 1. The van der Waals surface area contributed by atoms with Gasteiger partial charge in [-0.25, -0.2) is 14.6 Å². The minimum Gasteiger partial charge on any atom is -0.480 e. The molecule has 6 nitrogen and oxygen atoms in total. The number of carbonyl (C=O) groups is 2. The van der Waals surface area contributed by atoms with Crippen molar-refractivity contribution in [3.05, 3.63) is 23.9 Å². The summed E-state index contributed by atoms with van der Waals surface area (Å²) in [4.78, 5) is 26.6. The second-order valence-electron chi connectivity index (χ2n) is 4.33. The lowest BCUT2D eigenvalue weighted by Crippen LogP contribution is -2.29. The zero-order chi connectivity index (χ0) is 15.0. The Morgan fingerprint density at radius 3 is 2.65 bits per heavy atom. The van der Waals surface area contributed by atoms with Gasteiger partial charge in [0.25, 0.3) is 0 Å². The summed E-state index contributed by atoms with van der Waals surface area (Å²) >= 11 is 0. The molecule has 0 radical (unpaired) electrons. The Morgan fingerprint density at radius 1 is 1.40 bits per heavy atom. The fraction of sp³-hybridized carbons (Fsp3) is 0.500. The SMILES string of the molecule is CCCCC(Nc1ccc(C(=O)OCC)cn1)C(=O)O. The molecule has 2 N–H and O–H groups in total. The summed E-state index contributed by atoms with van der Waals surface area (Å²) in [6.45, 7) is 4.04. The molecule has 0 saturated carbocycles. The Labute approximate surface area is 118 Å². The van der Waals surface area contributed by atoms with Crippen molar-refractivity contribution in [2.24, 2.45) is 0 Å². The van der Waals surface area contributed by atoms with E-state index in [1.54, 1.807) is 19.1 Å². The molecule has 1 atom stereocenters. The van der Waals surface area contributed by atoms with Gasteiger partial charge in [-0.05, 0) is 25.5 Å². The van der Waals surface area contributed by atoms with Crippen LogP contribution in [-0.4, -0.2) is 34.7 Å². The third-order valence-electron chi connectivity index (χ3n) is 2.74. The number of aliphatic carboxylic acids is 1. The van der Waals surface area contributed by atoms with Crippen molar-refractivity contribution < 1.29 is 19.4 Å². The number of nitrogens with zero attached hydrogens (tertiary/aromatic N) is 1. The average Bonchev–Trinajstić information content (AvgIpc) is 2.44. The predicted octanol–water partition coefficient (Wildman–Crippen LogP) is 2.31. The first kappa shape index (κ1) is 15.9. The summed E-state index contributed by atoms with van der Waals surface area (Å²) < 4.78 is 4.85. The minimum atomic E-state index is -0.908. The second-order valence-corrected chi connectivity index (χ2v) is 4.33. The molecule has 0 spiro atoms. The highest BCUT2D eigenvalue weighted by Gasteiger charge is 2.17. The lowest BCUT2D eigenvalue weighted by Gasteiger charge is -2.14. The molecule has 0 aliphatic rings. The van der Waals surface area contributed by atoms with Crippen LogP contribution in [-0.2, 0) is 9.53 Å². The highest BCUT2D eigenvalue weighted by atomic mass is 16.5. The number of nitrogens with one attached hydrogen (secondary N) is 1. The Bertz CT molecular complexity index is 445. The lowest BCUT2D eigenvalue weighted by molar-refractivity contribution is -0.138. The van der Waals surface area contributed by atoms with Crippen molar-refractivity contribution in [2.75, 3.05) is 11.9 Å². The molecule has 6 heteroatoms. The number of anilines is 1. The summed E-state index contributed by atoms with van der Waals surface area (Å²) in [6, 6.07) is 2.47. The number of hydrogen-bond acceptors (Lipinski definition) is 5. The maximum atomic E-state index is 11.5. The zero-order valence-corrected chi connectivity index (χ0v) is 11.8. The van der Waals surface area contributed by atoms with Gasteiger partial charge < -0.3 is 15.2 Å². The van der Waals surface area contributed by atoms with Crippen LogP contribution >= 0.6 is 0 Å². The topological polar surface area (TPSA) is 88.5 Å². The number of pyridine rings is 1. The van der Waals surface area contributed by atoms with Crippen molar-refractivity contribution >= 4 is 17.8 Å². The van der Waals surface area contributed by atoms with Crippen LogP contribution in [0.1, 0.15) is 43.5 Å². The molecule has 0 saturated heterocycles. The van der Waals surface area contributed by atoms with Gasteiger partial charge in [0.2, 0.25) is 0 Å². The van der Waals surface area contributed by atoms with E-state index >= 15 is 0 Å². The molecular formula is C14H20N2O4. The minimum absolute atomic E-state index is 0.303. The molecule has 110 valence electrons. The van der Waals surface area contributed by atoms with Gasteiger partial charge >= 0.3 is 11.9 Å². The molecule has 0 fully saturated rings. The molecule has 0 aromatic carbocycles. The second kappa shape index (κ2) is 8.14. The Morgan fingerprint density at radius 2 is 2.15 bits per heavy atom. The average molecular weight is 280 g/mol. The first-order valence-corrected chi connectivity index (χ1v) is 6.71. The largest absolute Gasteiger partial charge is 0.480 e. The Balaban J connectivity index is 2.67. The summed E-state index contributed by atoms with van der Waals surface area (Å²) in [7, 11) is 0. The van der Waals surface area contributed by atoms with E-state index in [-0.39, 0.29) is 0 Å². The maximum absolute atomic E-state index is 11.5. The van der Waals surface area contributed by atoms with Gasteiger partial charge in [0.15, 0.2) is 0 Å². The summed E-state index contributed by atoms with van der Waals surface area (Å²) in [5.41, 5.74) is 0.345. The highest BCUT2D eigenvalue weighted by molar-refractivity contribution is 5.89. The van der Waals surface area contributed by atoms with Crippen LogP contribution in [0.25, 0.3) is 0 Å². The summed E-state index contributed by atoms with van der Waals surface area (Å²) in [5.74, 6) is -0.913. The number of esters is 1. The predicted molar refractivity (Wildman–Crippen MR) is 74.8 cm³/mol. The fourth-order valence-electron chi connectivity index (χ4n) is 1.66. The van der Waals surface area contributed by atoms with E-state index < -0.39 is 18.0 Å². The monoisotopic (exact) mass is 280 g/mol. The normalized spacial score (nSPS) is 11.7. The number of rotatable bonds is 8. The van der Waals surface area contributed by atoms with Crippen LogP contribution in [0.2, 0.25) is 0 Å². The van der Waals surface area contributed by atoms with E-state index in [1.807, 2.05) is 6.92 Å². The van der Waals surface area contributed by atoms with Gasteiger partial charge in [-0.15, -0.1) is 0 Å². The smallest absolute Gasteiger partial charge is 0.339 e. The molecule has 1 heterocycles. The summed E-state index contributed by atoms with van der Waals surface area (Å²) in [5, 5.41) is 12.0. The number of carbonyl (C=O) groups excluding carboxylic acids is 1. The van der Waals surface area contributed by atoms with Gasteiger partial charge in [-0.2, -0.15) is 0 Å². The van der Waals surface area contributed by atoms with Gasteiger partial charge in [-0.3, -0.25) is 0 Å². The Kier molecular flexibility index (Phi) is 6.49. The number of unbranched alkanes of at least 4 members (excludes halogenated alkanes) is 1. The van der Waals surface area contributed by atoms with Crippen molar-refractivity contribution in [1.29, 1.82) is 0 Å². The lowest BCUT2D eigenvalue weighted by atomic mass is 10.1. The van der Waals surface area contributed by atoms with Crippen molar-refractivity contribution in [3.8, 4) is 0 Å². The molecule has 0 bridgehead atoms. The van der Waals surface area contributed by atoms with E-state index in [2.05, 4.69) is 10.3 Å². The molecule has 20 heavy (non-hydrogen) atoms. The van der Waals surface area contributed by atoms with Crippen LogP contribution in [0.3, 0.4) is 0 Å². The molecule has 0 aliphatic carbocycles. The van der Waals surface area contributed by atoms with Crippen molar-refractivity contribution in [2.45, 2.75) is 39.2 Å². The van der Waals surface area contributed by atoms with E-state index in [0.717, 1.165) is 12.8 Å². The number of carboxylic acids is 1. The third kappa shape index (κ3) is 4.87. The highest BCUT2D eigenvalue weighted by Crippen LogP contribution is 2.11. The van der Waals surface area contributed by atoms with Gasteiger partial charge in [0, 0.05) is 6.20 Å². The van der Waals surface area contributed by atoms with Crippen LogP contribution in [0.15, 0.2) is 18.3 Å². The molecule has 1 unspecified atom stereocenters. The van der Waals surface area contributed by atoms with E-state index in [9.17, 15) is 9.59 Å². The molecule has 0 amide bonds.